The molecular formula is C16H17NO3. The highest BCUT2D eigenvalue weighted by Gasteiger charge is 2.00. The predicted molar refractivity (Wildman–Crippen MR) is 78.1 cm³/mol. The predicted octanol–water partition coefficient (Wildman–Crippen LogP) is 2.93. The summed E-state index contributed by atoms with van der Waals surface area (Å²) in [6, 6.07) is 15.3. The average molecular weight is 271 g/mol. The first kappa shape index (κ1) is 13.9. The van der Waals surface area contributed by atoms with E-state index in [0.717, 1.165) is 22.6 Å². The average Bonchev–Trinajstić information content (AvgIpc) is 2.46. The van der Waals surface area contributed by atoms with Crippen LogP contribution >= 0.6 is 0 Å². The summed E-state index contributed by atoms with van der Waals surface area (Å²) >= 11 is 0. The molecule has 0 saturated heterocycles. The number of methoxy groups -OCH3 is 1. The molecule has 2 aromatic rings. The van der Waals surface area contributed by atoms with E-state index in [4.69, 9.17) is 9.84 Å². The molecule has 0 fully saturated rings. The Bertz CT molecular complexity index is 561. The van der Waals surface area contributed by atoms with Gasteiger partial charge in [0.1, 0.15) is 5.75 Å². The van der Waals surface area contributed by atoms with E-state index in [2.05, 4.69) is 5.32 Å². The lowest BCUT2D eigenvalue weighted by Gasteiger charge is -2.08. The Balaban J connectivity index is 1.91. The molecule has 20 heavy (non-hydrogen) atoms. The van der Waals surface area contributed by atoms with Crippen molar-refractivity contribution in [3.8, 4) is 5.75 Å². The lowest BCUT2D eigenvalue weighted by Crippen LogP contribution is -2.01. The maximum Gasteiger partial charge on any atom is 0.307 e. The Labute approximate surface area is 118 Å². The van der Waals surface area contributed by atoms with Gasteiger partial charge in [-0.3, -0.25) is 4.79 Å². The number of aliphatic carboxylic acids is 1. The molecular weight excluding hydrogens is 254 g/mol. The van der Waals surface area contributed by atoms with Gasteiger partial charge in [0.25, 0.3) is 0 Å². The zero-order valence-corrected chi connectivity index (χ0v) is 11.3. The summed E-state index contributed by atoms with van der Waals surface area (Å²) in [6.07, 6.45) is 0.0543. The number of benzene rings is 2. The Kier molecular flexibility index (Phi) is 4.60. The van der Waals surface area contributed by atoms with Crippen LogP contribution in [0.2, 0.25) is 0 Å². The fourth-order valence-electron chi connectivity index (χ4n) is 1.86. The number of hydrogen-bond acceptors (Lipinski definition) is 3. The highest BCUT2D eigenvalue weighted by molar-refractivity contribution is 5.70. The molecule has 0 aliphatic rings. The van der Waals surface area contributed by atoms with Gasteiger partial charge in [-0.25, -0.2) is 0 Å². The van der Waals surface area contributed by atoms with Gasteiger partial charge in [-0.2, -0.15) is 0 Å². The molecule has 2 aromatic carbocycles. The van der Waals surface area contributed by atoms with Crippen molar-refractivity contribution in [1.29, 1.82) is 0 Å². The van der Waals surface area contributed by atoms with Crippen molar-refractivity contribution in [2.45, 2.75) is 13.0 Å². The van der Waals surface area contributed by atoms with E-state index in [0.29, 0.717) is 6.54 Å². The van der Waals surface area contributed by atoms with Crippen molar-refractivity contribution >= 4 is 11.7 Å². The molecule has 4 heteroatoms. The quantitative estimate of drug-likeness (QED) is 0.848. The monoisotopic (exact) mass is 271 g/mol. The second-order valence-electron chi connectivity index (χ2n) is 4.47. The number of hydrogen-bond donors (Lipinski definition) is 2. The molecule has 0 atom stereocenters. The Morgan fingerprint density at radius 1 is 1.05 bits per heavy atom. The minimum atomic E-state index is -0.816. The Morgan fingerprint density at radius 2 is 1.65 bits per heavy atom. The highest BCUT2D eigenvalue weighted by Crippen LogP contribution is 2.14. The van der Waals surface area contributed by atoms with Crippen LogP contribution < -0.4 is 10.1 Å². The van der Waals surface area contributed by atoms with Gasteiger partial charge >= 0.3 is 5.97 Å². The summed E-state index contributed by atoms with van der Waals surface area (Å²) in [5, 5.41) is 12.0. The normalized spacial score (nSPS) is 10.1. The fourth-order valence-corrected chi connectivity index (χ4v) is 1.86. The van der Waals surface area contributed by atoms with Crippen LogP contribution in [0.25, 0.3) is 0 Å². The molecule has 0 aliphatic heterocycles. The van der Waals surface area contributed by atoms with E-state index in [1.54, 1.807) is 7.11 Å². The molecule has 0 heterocycles. The summed E-state index contributed by atoms with van der Waals surface area (Å²) in [5.74, 6) is 0.0238. The van der Waals surface area contributed by atoms with E-state index >= 15 is 0 Å². The van der Waals surface area contributed by atoms with Crippen molar-refractivity contribution in [3.05, 3.63) is 59.7 Å². The van der Waals surface area contributed by atoms with Gasteiger partial charge in [0.05, 0.1) is 13.5 Å². The van der Waals surface area contributed by atoms with Crippen LogP contribution in [0.1, 0.15) is 11.1 Å². The zero-order chi connectivity index (χ0) is 14.4. The largest absolute Gasteiger partial charge is 0.497 e. The van der Waals surface area contributed by atoms with Crippen molar-refractivity contribution in [2.75, 3.05) is 12.4 Å². The van der Waals surface area contributed by atoms with Gasteiger partial charge in [0, 0.05) is 12.2 Å². The first-order valence-corrected chi connectivity index (χ1v) is 6.35. The van der Waals surface area contributed by atoms with E-state index in [1.165, 1.54) is 0 Å². The highest BCUT2D eigenvalue weighted by atomic mass is 16.5. The summed E-state index contributed by atoms with van der Waals surface area (Å²) < 4.78 is 5.11. The summed E-state index contributed by atoms with van der Waals surface area (Å²) in [6.45, 7) is 0.711. The van der Waals surface area contributed by atoms with Crippen LogP contribution in [0, 0.1) is 0 Å². The molecule has 0 aromatic heterocycles. The van der Waals surface area contributed by atoms with Crippen molar-refractivity contribution < 1.29 is 14.6 Å². The second-order valence-corrected chi connectivity index (χ2v) is 4.47. The number of carboxylic acid groups (broad SMARTS) is 1. The van der Waals surface area contributed by atoms with E-state index in [9.17, 15) is 4.79 Å². The van der Waals surface area contributed by atoms with E-state index in [-0.39, 0.29) is 6.42 Å². The molecule has 0 amide bonds. The molecule has 4 nitrogen and oxygen atoms in total. The summed E-state index contributed by atoms with van der Waals surface area (Å²) in [5.41, 5.74) is 2.92. The van der Waals surface area contributed by atoms with Crippen molar-refractivity contribution in [2.24, 2.45) is 0 Å². The topological polar surface area (TPSA) is 58.6 Å². The first-order valence-electron chi connectivity index (χ1n) is 6.35. The van der Waals surface area contributed by atoms with Crippen LogP contribution in [0.5, 0.6) is 5.75 Å². The summed E-state index contributed by atoms with van der Waals surface area (Å²) in [4.78, 5) is 10.6. The number of ether oxygens (including phenoxy) is 1. The number of carboxylic acids is 1. The molecule has 0 bridgehead atoms. The third kappa shape index (κ3) is 4.02. The maximum absolute atomic E-state index is 10.6. The lowest BCUT2D eigenvalue weighted by molar-refractivity contribution is -0.136. The van der Waals surface area contributed by atoms with Gasteiger partial charge in [0.15, 0.2) is 0 Å². The molecule has 0 radical (unpaired) electrons. The molecule has 104 valence electrons. The van der Waals surface area contributed by atoms with E-state index < -0.39 is 5.97 Å². The van der Waals surface area contributed by atoms with Crippen LogP contribution in [0.4, 0.5) is 5.69 Å². The molecule has 0 saturated carbocycles. The standard InChI is InChI=1S/C16H17NO3/c1-20-15-8-4-13(5-9-15)11-17-14-6-2-12(3-7-14)10-16(18)19/h2-9,17H,10-11H2,1H3,(H,18,19). The fraction of sp³-hybridized carbons (Fsp3) is 0.188. The van der Waals surface area contributed by atoms with Gasteiger partial charge in [-0.1, -0.05) is 24.3 Å². The lowest BCUT2D eigenvalue weighted by atomic mass is 10.1. The maximum atomic E-state index is 10.6. The minimum absolute atomic E-state index is 0.0543. The van der Waals surface area contributed by atoms with Gasteiger partial charge in [-0.05, 0) is 35.4 Å². The smallest absolute Gasteiger partial charge is 0.307 e. The molecule has 0 unspecified atom stereocenters. The van der Waals surface area contributed by atoms with Gasteiger partial charge < -0.3 is 15.2 Å². The number of carbonyl (C=O) groups is 1. The molecule has 0 aliphatic carbocycles. The molecule has 2 rings (SSSR count). The molecule has 0 spiro atoms. The number of rotatable bonds is 6. The van der Waals surface area contributed by atoms with Crippen molar-refractivity contribution in [3.63, 3.8) is 0 Å². The third-order valence-electron chi connectivity index (χ3n) is 2.96. The van der Waals surface area contributed by atoms with Crippen LogP contribution in [0.3, 0.4) is 0 Å². The van der Waals surface area contributed by atoms with Gasteiger partial charge in [0.2, 0.25) is 0 Å². The number of nitrogens with one attached hydrogen (secondary N) is 1. The van der Waals surface area contributed by atoms with Crippen molar-refractivity contribution in [1.82, 2.24) is 0 Å². The Morgan fingerprint density at radius 3 is 2.20 bits per heavy atom. The van der Waals surface area contributed by atoms with E-state index in [1.807, 2.05) is 48.5 Å². The minimum Gasteiger partial charge on any atom is -0.497 e. The molecule has 2 N–H and O–H groups in total. The number of anilines is 1. The third-order valence-corrected chi connectivity index (χ3v) is 2.96. The second kappa shape index (κ2) is 6.61. The van der Waals surface area contributed by atoms with Gasteiger partial charge in [-0.15, -0.1) is 0 Å². The van der Waals surface area contributed by atoms with Crippen LogP contribution in [-0.4, -0.2) is 18.2 Å². The van der Waals surface area contributed by atoms with Crippen LogP contribution in [0.15, 0.2) is 48.5 Å². The first-order chi connectivity index (χ1) is 9.67. The zero-order valence-electron chi connectivity index (χ0n) is 11.3. The summed E-state index contributed by atoms with van der Waals surface area (Å²) in [7, 11) is 1.64. The Hall–Kier alpha value is -2.49. The SMILES string of the molecule is COc1ccc(CNc2ccc(CC(=O)O)cc2)cc1. The van der Waals surface area contributed by atoms with Crippen LogP contribution in [-0.2, 0) is 17.8 Å².